The lowest BCUT2D eigenvalue weighted by Crippen LogP contribution is -2.26. The summed E-state index contributed by atoms with van der Waals surface area (Å²) < 4.78 is 11.6. The predicted octanol–water partition coefficient (Wildman–Crippen LogP) is 6.29. The van der Waals surface area contributed by atoms with E-state index in [9.17, 15) is 9.90 Å². The molecule has 0 spiro atoms. The monoisotopic (exact) mass is 366 g/mol. The minimum atomic E-state index is -0.910. The molecule has 4 heteroatoms. The lowest BCUT2D eigenvalue weighted by atomic mass is 10.1. The maximum absolute atomic E-state index is 11.5. The van der Waals surface area contributed by atoms with Gasteiger partial charge < -0.3 is 14.3 Å². The van der Waals surface area contributed by atoms with Crippen LogP contribution >= 0.6 is 0 Å². The van der Waals surface area contributed by atoms with Crippen molar-refractivity contribution in [3.05, 3.63) is 54.6 Å². The maximum Gasteiger partial charge on any atom is 0.344 e. The summed E-state index contributed by atoms with van der Waals surface area (Å²) in [6.07, 6.45) is 5.17. The molecule has 1 N–H and O–H groups in total. The second-order valence-corrected chi connectivity index (χ2v) is 6.82. The SMILES string of the molecule is CCCCCCCC(Oc1ccc(-c2cc3ccccc3o2)cc1)C(=O)O. The molecular weight excluding hydrogens is 340 g/mol. The van der Waals surface area contributed by atoms with Gasteiger partial charge in [0.25, 0.3) is 0 Å². The molecule has 1 heterocycles. The Labute approximate surface area is 159 Å². The average molecular weight is 366 g/mol. The third kappa shape index (κ3) is 5.13. The van der Waals surface area contributed by atoms with Crippen molar-refractivity contribution in [3.63, 3.8) is 0 Å². The van der Waals surface area contributed by atoms with Gasteiger partial charge in [0.05, 0.1) is 0 Å². The van der Waals surface area contributed by atoms with Crippen LogP contribution in [0.15, 0.2) is 59.0 Å². The zero-order chi connectivity index (χ0) is 19.1. The standard InChI is InChI=1S/C23H26O4/c1-2-3-4-5-6-11-21(23(24)25)26-19-14-12-17(13-15-19)22-16-18-9-7-8-10-20(18)27-22/h7-10,12-16,21H,2-6,11H2,1H3,(H,24,25). The van der Waals surface area contributed by atoms with E-state index in [1.807, 2.05) is 42.5 Å². The minimum absolute atomic E-state index is 0.532. The van der Waals surface area contributed by atoms with Crippen molar-refractivity contribution >= 4 is 16.9 Å². The zero-order valence-corrected chi connectivity index (χ0v) is 15.7. The zero-order valence-electron chi connectivity index (χ0n) is 15.7. The minimum Gasteiger partial charge on any atom is -0.479 e. The molecule has 27 heavy (non-hydrogen) atoms. The second-order valence-electron chi connectivity index (χ2n) is 6.82. The summed E-state index contributed by atoms with van der Waals surface area (Å²) in [6.45, 7) is 2.16. The first-order valence-corrected chi connectivity index (χ1v) is 9.66. The molecule has 2 aromatic carbocycles. The highest BCUT2D eigenvalue weighted by atomic mass is 16.5. The van der Waals surface area contributed by atoms with Crippen molar-refractivity contribution in [3.8, 4) is 17.1 Å². The molecule has 3 aromatic rings. The molecule has 0 aliphatic rings. The summed E-state index contributed by atoms with van der Waals surface area (Å²) in [4.78, 5) is 11.5. The predicted molar refractivity (Wildman–Crippen MR) is 107 cm³/mol. The molecule has 142 valence electrons. The average Bonchev–Trinajstić information content (AvgIpc) is 3.11. The van der Waals surface area contributed by atoms with Crippen LogP contribution < -0.4 is 4.74 Å². The summed E-state index contributed by atoms with van der Waals surface area (Å²) in [5, 5.41) is 10.5. The van der Waals surface area contributed by atoms with Crippen molar-refractivity contribution in [2.75, 3.05) is 0 Å². The van der Waals surface area contributed by atoms with Crippen molar-refractivity contribution in [1.82, 2.24) is 0 Å². The number of carbonyl (C=O) groups is 1. The van der Waals surface area contributed by atoms with Gasteiger partial charge in [-0.15, -0.1) is 0 Å². The summed E-state index contributed by atoms with van der Waals surface area (Å²) in [6, 6.07) is 17.3. The first-order chi connectivity index (χ1) is 13.2. The molecule has 0 saturated carbocycles. The smallest absolute Gasteiger partial charge is 0.344 e. The number of para-hydroxylation sites is 1. The number of unbranched alkanes of at least 4 members (excludes halogenated alkanes) is 4. The highest BCUT2D eigenvalue weighted by molar-refractivity contribution is 5.82. The number of carboxylic acid groups (broad SMARTS) is 1. The summed E-state index contributed by atoms with van der Waals surface area (Å²) in [5.41, 5.74) is 1.78. The van der Waals surface area contributed by atoms with Crippen LogP contribution in [0.4, 0.5) is 0 Å². The number of ether oxygens (including phenoxy) is 1. The van der Waals surface area contributed by atoms with Gasteiger partial charge in [-0.05, 0) is 49.2 Å². The van der Waals surface area contributed by atoms with Crippen LogP contribution in [-0.2, 0) is 4.79 Å². The maximum atomic E-state index is 11.5. The Balaban J connectivity index is 1.62. The van der Waals surface area contributed by atoms with Crippen LogP contribution in [0.25, 0.3) is 22.3 Å². The summed E-state index contributed by atoms with van der Waals surface area (Å²) in [7, 11) is 0. The van der Waals surface area contributed by atoms with Gasteiger partial charge in [-0.2, -0.15) is 0 Å². The van der Waals surface area contributed by atoms with E-state index in [-0.39, 0.29) is 0 Å². The third-order valence-electron chi connectivity index (χ3n) is 4.69. The van der Waals surface area contributed by atoms with E-state index in [1.165, 1.54) is 12.8 Å². The molecule has 0 aliphatic heterocycles. The van der Waals surface area contributed by atoms with Crippen molar-refractivity contribution in [2.45, 2.75) is 51.6 Å². The van der Waals surface area contributed by atoms with E-state index in [0.717, 1.165) is 41.6 Å². The Morgan fingerprint density at radius 3 is 2.48 bits per heavy atom. The van der Waals surface area contributed by atoms with Crippen LogP contribution in [0, 0.1) is 0 Å². The molecular formula is C23H26O4. The van der Waals surface area contributed by atoms with Gasteiger partial charge in [-0.3, -0.25) is 0 Å². The van der Waals surface area contributed by atoms with Crippen LogP contribution in [0.3, 0.4) is 0 Å². The number of fused-ring (bicyclic) bond motifs is 1. The molecule has 4 nitrogen and oxygen atoms in total. The Kier molecular flexibility index (Phi) is 6.53. The van der Waals surface area contributed by atoms with Crippen molar-refractivity contribution < 1.29 is 19.1 Å². The Hall–Kier alpha value is -2.75. The van der Waals surface area contributed by atoms with Gasteiger partial charge in [0, 0.05) is 10.9 Å². The number of benzene rings is 2. The van der Waals surface area contributed by atoms with Crippen LogP contribution in [0.2, 0.25) is 0 Å². The number of furan rings is 1. The quantitative estimate of drug-likeness (QED) is 0.428. The van der Waals surface area contributed by atoms with E-state index < -0.39 is 12.1 Å². The molecule has 0 aliphatic carbocycles. The molecule has 0 fully saturated rings. The first-order valence-electron chi connectivity index (χ1n) is 9.66. The van der Waals surface area contributed by atoms with Gasteiger partial charge in [-0.1, -0.05) is 50.8 Å². The number of hydrogen-bond acceptors (Lipinski definition) is 3. The van der Waals surface area contributed by atoms with Crippen LogP contribution in [0.5, 0.6) is 5.75 Å². The molecule has 0 saturated heterocycles. The first kappa shape index (κ1) is 19.0. The van der Waals surface area contributed by atoms with Gasteiger partial charge in [0.15, 0.2) is 6.10 Å². The summed E-state index contributed by atoms with van der Waals surface area (Å²) >= 11 is 0. The van der Waals surface area contributed by atoms with E-state index in [1.54, 1.807) is 12.1 Å². The molecule has 0 amide bonds. The molecule has 1 aromatic heterocycles. The van der Waals surface area contributed by atoms with Gasteiger partial charge in [0.1, 0.15) is 17.1 Å². The normalized spacial score (nSPS) is 12.2. The number of aliphatic carboxylic acids is 1. The highest BCUT2D eigenvalue weighted by Gasteiger charge is 2.19. The Bertz CT molecular complexity index is 830. The molecule has 0 bridgehead atoms. The molecule has 1 atom stereocenters. The fourth-order valence-electron chi connectivity index (χ4n) is 3.15. The molecule has 0 radical (unpaired) electrons. The van der Waals surface area contributed by atoms with Gasteiger partial charge >= 0.3 is 5.97 Å². The van der Waals surface area contributed by atoms with Crippen LogP contribution in [-0.4, -0.2) is 17.2 Å². The number of hydrogen-bond donors (Lipinski definition) is 1. The highest BCUT2D eigenvalue weighted by Crippen LogP contribution is 2.29. The lowest BCUT2D eigenvalue weighted by Gasteiger charge is -2.15. The van der Waals surface area contributed by atoms with Gasteiger partial charge in [0.2, 0.25) is 0 Å². The number of carboxylic acids is 1. The van der Waals surface area contributed by atoms with Crippen molar-refractivity contribution in [1.29, 1.82) is 0 Å². The van der Waals surface area contributed by atoms with Crippen LogP contribution in [0.1, 0.15) is 45.4 Å². The lowest BCUT2D eigenvalue weighted by molar-refractivity contribution is -0.145. The van der Waals surface area contributed by atoms with E-state index >= 15 is 0 Å². The second kappa shape index (κ2) is 9.26. The molecule has 3 rings (SSSR count). The fraction of sp³-hybridized carbons (Fsp3) is 0.348. The van der Waals surface area contributed by atoms with E-state index in [0.29, 0.717) is 12.2 Å². The van der Waals surface area contributed by atoms with Crippen molar-refractivity contribution in [2.24, 2.45) is 0 Å². The Morgan fingerprint density at radius 2 is 1.78 bits per heavy atom. The molecule has 1 unspecified atom stereocenters. The third-order valence-corrected chi connectivity index (χ3v) is 4.69. The topological polar surface area (TPSA) is 59.7 Å². The fourth-order valence-corrected chi connectivity index (χ4v) is 3.15. The largest absolute Gasteiger partial charge is 0.479 e. The van der Waals surface area contributed by atoms with E-state index in [2.05, 4.69) is 6.92 Å². The number of rotatable bonds is 10. The van der Waals surface area contributed by atoms with Gasteiger partial charge in [-0.25, -0.2) is 4.79 Å². The summed E-state index contributed by atoms with van der Waals surface area (Å²) in [5.74, 6) is 0.441. The Morgan fingerprint density at radius 1 is 1.04 bits per heavy atom. The van der Waals surface area contributed by atoms with E-state index in [4.69, 9.17) is 9.15 Å².